The van der Waals surface area contributed by atoms with Gasteiger partial charge in [-0.25, -0.2) is 4.79 Å². The fourth-order valence-corrected chi connectivity index (χ4v) is 4.48. The molecule has 0 aliphatic heterocycles. The van der Waals surface area contributed by atoms with Crippen LogP contribution in [0.25, 0.3) is 22.4 Å². The number of hydrogen-bond acceptors (Lipinski definition) is 6. The van der Waals surface area contributed by atoms with Crippen molar-refractivity contribution in [3.05, 3.63) is 69.8 Å². The fraction of sp³-hybridized carbons (Fsp3) is 0.273. The van der Waals surface area contributed by atoms with Gasteiger partial charge in [0.25, 0.3) is 0 Å². The number of thioether (sulfide) groups is 1. The summed E-state index contributed by atoms with van der Waals surface area (Å²) in [5.74, 6) is 1.51. The normalized spacial score (nSPS) is 13.9. The van der Waals surface area contributed by atoms with E-state index in [2.05, 4.69) is 32.7 Å². The summed E-state index contributed by atoms with van der Waals surface area (Å²) in [4.78, 5) is 16.2. The highest BCUT2D eigenvalue weighted by Crippen LogP contribution is 2.41. The second kappa shape index (κ2) is 7.15. The fourth-order valence-electron chi connectivity index (χ4n) is 3.48. The van der Waals surface area contributed by atoms with E-state index in [0.29, 0.717) is 17.4 Å². The monoisotopic (exact) mass is 404 g/mol. The third kappa shape index (κ3) is 3.46. The van der Waals surface area contributed by atoms with Gasteiger partial charge in [0.15, 0.2) is 11.0 Å². The minimum absolute atomic E-state index is 0.322. The molecule has 3 aromatic heterocycles. The molecule has 0 amide bonds. The maximum Gasteiger partial charge on any atom is 0.336 e. The quantitative estimate of drug-likeness (QED) is 0.355. The molecule has 1 fully saturated rings. The molecule has 29 heavy (non-hydrogen) atoms. The lowest BCUT2D eigenvalue weighted by Gasteiger charge is -2.10. The Balaban J connectivity index is 1.50. The first-order valence-corrected chi connectivity index (χ1v) is 10.6. The van der Waals surface area contributed by atoms with Crippen LogP contribution in [0.2, 0.25) is 0 Å². The second-order valence-corrected chi connectivity index (χ2v) is 8.40. The lowest BCUT2D eigenvalue weighted by atomic mass is 10.0. The molecule has 5 rings (SSSR count). The van der Waals surface area contributed by atoms with Gasteiger partial charge in [-0.15, -0.1) is 10.2 Å². The number of benzene rings is 1. The molecule has 0 unspecified atom stereocenters. The molecule has 0 spiro atoms. The van der Waals surface area contributed by atoms with E-state index < -0.39 is 0 Å². The van der Waals surface area contributed by atoms with Crippen molar-refractivity contribution in [2.24, 2.45) is 0 Å². The Morgan fingerprint density at radius 2 is 1.86 bits per heavy atom. The molecule has 0 radical (unpaired) electrons. The van der Waals surface area contributed by atoms with Gasteiger partial charge >= 0.3 is 5.63 Å². The predicted octanol–water partition coefficient (Wildman–Crippen LogP) is 4.69. The number of pyridine rings is 1. The van der Waals surface area contributed by atoms with Gasteiger partial charge in [0, 0.05) is 41.2 Å². The van der Waals surface area contributed by atoms with Crippen molar-refractivity contribution in [3.63, 3.8) is 0 Å². The van der Waals surface area contributed by atoms with E-state index in [-0.39, 0.29) is 5.63 Å². The van der Waals surface area contributed by atoms with Gasteiger partial charge in [-0.1, -0.05) is 11.8 Å². The molecule has 1 aliphatic rings. The highest BCUT2D eigenvalue weighted by atomic mass is 32.2. The summed E-state index contributed by atoms with van der Waals surface area (Å²) in [5, 5.41) is 10.8. The highest BCUT2D eigenvalue weighted by Gasteiger charge is 2.30. The Kier molecular flexibility index (Phi) is 4.47. The van der Waals surface area contributed by atoms with E-state index in [1.165, 1.54) is 5.56 Å². The number of fused-ring (bicyclic) bond motifs is 1. The van der Waals surface area contributed by atoms with Crippen molar-refractivity contribution in [1.82, 2.24) is 19.7 Å². The Labute approximate surface area is 172 Å². The summed E-state index contributed by atoms with van der Waals surface area (Å²) in [6.07, 6.45) is 5.82. The van der Waals surface area contributed by atoms with Crippen molar-refractivity contribution in [3.8, 4) is 11.4 Å². The summed E-state index contributed by atoms with van der Waals surface area (Å²) in [7, 11) is 0. The molecule has 0 atom stereocenters. The van der Waals surface area contributed by atoms with E-state index in [4.69, 9.17) is 4.42 Å². The maximum atomic E-state index is 12.1. The van der Waals surface area contributed by atoms with Crippen LogP contribution < -0.4 is 5.63 Å². The first kappa shape index (κ1) is 18.1. The Hall–Kier alpha value is -2.93. The minimum Gasteiger partial charge on any atom is -0.423 e. The summed E-state index contributed by atoms with van der Waals surface area (Å²) in [6.45, 7) is 4.09. The van der Waals surface area contributed by atoms with Crippen LogP contribution in [0, 0.1) is 13.8 Å². The molecule has 3 heterocycles. The molecule has 146 valence electrons. The standard InChI is InChI=1S/C22H20N4O2S/c1-13-9-18-16(11-20(27)28-19(18)10-14(13)2)12-29-22-25-24-21(26(22)17-3-4-17)15-5-7-23-8-6-15/h5-11,17H,3-4,12H2,1-2H3. The van der Waals surface area contributed by atoms with Crippen LogP contribution in [0.15, 0.2) is 57.1 Å². The SMILES string of the molecule is Cc1cc2oc(=O)cc(CSc3nnc(-c4ccncc4)n3C3CC3)c2cc1C. The molecule has 7 heteroatoms. The summed E-state index contributed by atoms with van der Waals surface area (Å²) >= 11 is 1.61. The molecule has 1 aromatic carbocycles. The van der Waals surface area contributed by atoms with Crippen LogP contribution >= 0.6 is 11.8 Å². The van der Waals surface area contributed by atoms with Crippen LogP contribution in [0.5, 0.6) is 0 Å². The molecule has 0 saturated heterocycles. The first-order valence-electron chi connectivity index (χ1n) is 9.62. The summed E-state index contributed by atoms with van der Waals surface area (Å²) < 4.78 is 7.65. The Bertz CT molecular complexity index is 1260. The number of aryl methyl sites for hydroxylation is 2. The molecule has 6 nitrogen and oxygen atoms in total. The van der Waals surface area contributed by atoms with Gasteiger partial charge in [0.1, 0.15) is 5.58 Å². The predicted molar refractivity (Wildman–Crippen MR) is 113 cm³/mol. The van der Waals surface area contributed by atoms with E-state index in [1.54, 1.807) is 30.2 Å². The number of rotatable bonds is 5. The smallest absolute Gasteiger partial charge is 0.336 e. The highest BCUT2D eigenvalue weighted by molar-refractivity contribution is 7.98. The van der Waals surface area contributed by atoms with Crippen LogP contribution in [0.3, 0.4) is 0 Å². The van der Waals surface area contributed by atoms with Crippen molar-refractivity contribution < 1.29 is 4.42 Å². The zero-order chi connectivity index (χ0) is 20.0. The van der Waals surface area contributed by atoms with Gasteiger partial charge in [0.2, 0.25) is 0 Å². The molecular weight excluding hydrogens is 384 g/mol. The molecule has 4 aromatic rings. The molecule has 0 bridgehead atoms. The Morgan fingerprint density at radius 1 is 1.10 bits per heavy atom. The average molecular weight is 404 g/mol. The van der Waals surface area contributed by atoms with E-state index in [0.717, 1.165) is 45.9 Å². The van der Waals surface area contributed by atoms with Crippen molar-refractivity contribution in [2.45, 2.75) is 43.6 Å². The van der Waals surface area contributed by atoms with Gasteiger partial charge in [-0.2, -0.15) is 0 Å². The molecule has 1 aliphatic carbocycles. The second-order valence-electron chi connectivity index (χ2n) is 7.46. The van der Waals surface area contributed by atoms with Crippen LogP contribution in [0.1, 0.15) is 35.6 Å². The van der Waals surface area contributed by atoms with Gasteiger partial charge in [-0.3, -0.25) is 9.55 Å². The molecule has 1 saturated carbocycles. The zero-order valence-corrected chi connectivity index (χ0v) is 17.1. The average Bonchev–Trinajstić information content (AvgIpc) is 3.47. The van der Waals surface area contributed by atoms with Crippen molar-refractivity contribution in [1.29, 1.82) is 0 Å². The van der Waals surface area contributed by atoms with Crippen LogP contribution in [-0.2, 0) is 5.75 Å². The topological polar surface area (TPSA) is 73.8 Å². The van der Waals surface area contributed by atoms with E-state index in [1.807, 2.05) is 25.1 Å². The first-order chi connectivity index (χ1) is 14.1. The van der Waals surface area contributed by atoms with Gasteiger partial charge < -0.3 is 4.42 Å². The number of nitrogens with zero attached hydrogens (tertiary/aromatic N) is 4. The lowest BCUT2D eigenvalue weighted by Crippen LogP contribution is -2.02. The number of hydrogen-bond donors (Lipinski definition) is 0. The minimum atomic E-state index is -0.322. The zero-order valence-electron chi connectivity index (χ0n) is 16.3. The number of aromatic nitrogens is 4. The van der Waals surface area contributed by atoms with Crippen LogP contribution in [0.4, 0.5) is 0 Å². The molecular formula is C22H20N4O2S. The summed E-state index contributed by atoms with van der Waals surface area (Å²) in [6, 6.07) is 9.98. The largest absolute Gasteiger partial charge is 0.423 e. The van der Waals surface area contributed by atoms with E-state index >= 15 is 0 Å². The van der Waals surface area contributed by atoms with Gasteiger partial charge in [0.05, 0.1) is 0 Å². The maximum absolute atomic E-state index is 12.1. The third-order valence-corrected chi connectivity index (χ3v) is 6.31. The van der Waals surface area contributed by atoms with Gasteiger partial charge in [-0.05, 0) is 67.6 Å². The van der Waals surface area contributed by atoms with Crippen LogP contribution in [-0.4, -0.2) is 19.7 Å². The van der Waals surface area contributed by atoms with E-state index in [9.17, 15) is 4.79 Å². The third-order valence-electron chi connectivity index (χ3n) is 5.32. The Morgan fingerprint density at radius 3 is 2.62 bits per heavy atom. The lowest BCUT2D eigenvalue weighted by molar-refractivity contribution is 0.559. The summed E-state index contributed by atoms with van der Waals surface area (Å²) in [5.41, 5.74) is 4.58. The van der Waals surface area contributed by atoms with Crippen molar-refractivity contribution >= 4 is 22.7 Å². The molecule has 0 N–H and O–H groups in total. The van der Waals surface area contributed by atoms with Crippen molar-refractivity contribution in [2.75, 3.05) is 0 Å².